The fourth-order valence-electron chi connectivity index (χ4n) is 2.27. The lowest BCUT2D eigenvalue weighted by molar-refractivity contribution is -0.107. The summed E-state index contributed by atoms with van der Waals surface area (Å²) >= 11 is 0. The molecule has 1 aromatic carbocycles. The van der Waals surface area contributed by atoms with Gasteiger partial charge in [0.05, 0.1) is 0 Å². The summed E-state index contributed by atoms with van der Waals surface area (Å²) in [7, 11) is 0. The van der Waals surface area contributed by atoms with Crippen LogP contribution in [-0.4, -0.2) is 6.29 Å². The van der Waals surface area contributed by atoms with Gasteiger partial charge in [0.15, 0.2) is 0 Å². The summed E-state index contributed by atoms with van der Waals surface area (Å²) in [6.45, 7) is 8.78. The molecule has 0 aliphatic heterocycles. The van der Waals surface area contributed by atoms with E-state index in [0.29, 0.717) is 12.3 Å². The average Bonchev–Trinajstić information content (AvgIpc) is 2.15. The first-order chi connectivity index (χ1) is 7.54. The highest BCUT2D eigenvalue weighted by molar-refractivity contribution is 5.51. The molecule has 0 fully saturated rings. The summed E-state index contributed by atoms with van der Waals surface area (Å²) in [4.78, 5) is 10.4. The van der Waals surface area contributed by atoms with Crippen LogP contribution in [0.2, 0.25) is 0 Å². The van der Waals surface area contributed by atoms with Crippen molar-refractivity contribution in [3.05, 3.63) is 34.4 Å². The largest absolute Gasteiger partial charge is 0.303 e. The Kier molecular flexibility index (Phi) is 4.72. The number of aldehydes is 1. The van der Waals surface area contributed by atoms with Crippen LogP contribution >= 0.6 is 0 Å². The predicted octanol–water partition coefficient (Wildman–Crippen LogP) is 3.63. The first-order valence-corrected chi connectivity index (χ1v) is 6.07. The third-order valence-electron chi connectivity index (χ3n) is 2.91. The molecule has 0 aliphatic rings. The Labute approximate surface area is 98.9 Å². The quantitative estimate of drug-likeness (QED) is 0.690. The number of hydrogen-bond donors (Lipinski definition) is 0. The van der Waals surface area contributed by atoms with Crippen LogP contribution in [0.15, 0.2) is 12.1 Å². The van der Waals surface area contributed by atoms with Crippen molar-refractivity contribution in [3.8, 4) is 0 Å². The molecular formula is C15H22O. The van der Waals surface area contributed by atoms with E-state index < -0.39 is 0 Å². The average molecular weight is 218 g/mol. The summed E-state index contributed by atoms with van der Waals surface area (Å²) in [6.07, 6.45) is 3.64. The van der Waals surface area contributed by atoms with Gasteiger partial charge in [-0.15, -0.1) is 0 Å². The minimum atomic E-state index is 0.630. The number of carbonyl (C=O) groups excluding carboxylic acids is 1. The van der Waals surface area contributed by atoms with Gasteiger partial charge in [0.1, 0.15) is 6.29 Å². The van der Waals surface area contributed by atoms with Gasteiger partial charge in [0.25, 0.3) is 0 Å². The second-order valence-electron chi connectivity index (χ2n) is 5.01. The molecule has 0 spiro atoms. The van der Waals surface area contributed by atoms with E-state index >= 15 is 0 Å². The normalized spacial score (nSPS) is 10.8. The lowest BCUT2D eigenvalue weighted by Gasteiger charge is -2.13. The van der Waals surface area contributed by atoms with E-state index in [2.05, 4.69) is 39.8 Å². The van der Waals surface area contributed by atoms with Crippen molar-refractivity contribution in [2.24, 2.45) is 5.92 Å². The van der Waals surface area contributed by atoms with Crippen LogP contribution in [0.5, 0.6) is 0 Å². The molecule has 0 atom stereocenters. The maximum absolute atomic E-state index is 10.4. The van der Waals surface area contributed by atoms with Gasteiger partial charge < -0.3 is 4.79 Å². The molecule has 0 aromatic heterocycles. The Morgan fingerprint density at radius 3 is 2.19 bits per heavy atom. The Morgan fingerprint density at radius 2 is 1.75 bits per heavy atom. The van der Waals surface area contributed by atoms with E-state index in [1.165, 1.54) is 22.3 Å². The highest BCUT2D eigenvalue weighted by Gasteiger charge is 2.06. The molecule has 0 heterocycles. The third kappa shape index (κ3) is 3.48. The SMILES string of the molecule is Cc1cc(CC(C)C)cc(C)c1CCC=O. The molecule has 0 aliphatic carbocycles. The fraction of sp³-hybridized carbons (Fsp3) is 0.533. The summed E-state index contributed by atoms with van der Waals surface area (Å²) < 4.78 is 0. The smallest absolute Gasteiger partial charge is 0.120 e. The summed E-state index contributed by atoms with van der Waals surface area (Å²) in [5, 5.41) is 0. The van der Waals surface area contributed by atoms with E-state index in [-0.39, 0.29) is 0 Å². The molecule has 1 rings (SSSR count). The van der Waals surface area contributed by atoms with E-state index in [1.54, 1.807) is 0 Å². The van der Waals surface area contributed by atoms with Crippen LogP contribution < -0.4 is 0 Å². The second-order valence-corrected chi connectivity index (χ2v) is 5.01. The van der Waals surface area contributed by atoms with Crippen molar-refractivity contribution in [2.75, 3.05) is 0 Å². The lowest BCUT2D eigenvalue weighted by Crippen LogP contribution is -2.00. The molecule has 0 saturated heterocycles. The van der Waals surface area contributed by atoms with Gasteiger partial charge >= 0.3 is 0 Å². The first-order valence-electron chi connectivity index (χ1n) is 6.07. The zero-order valence-electron chi connectivity index (χ0n) is 10.8. The van der Waals surface area contributed by atoms with Crippen molar-refractivity contribution in [1.82, 2.24) is 0 Å². The van der Waals surface area contributed by atoms with Crippen LogP contribution in [-0.2, 0) is 17.6 Å². The number of rotatable bonds is 5. The molecule has 1 nitrogen and oxygen atoms in total. The second kappa shape index (κ2) is 5.83. The highest BCUT2D eigenvalue weighted by Crippen LogP contribution is 2.20. The van der Waals surface area contributed by atoms with Gasteiger partial charge in [0.2, 0.25) is 0 Å². The molecule has 0 unspecified atom stereocenters. The molecule has 16 heavy (non-hydrogen) atoms. The maximum Gasteiger partial charge on any atom is 0.120 e. The number of aryl methyl sites for hydroxylation is 2. The van der Waals surface area contributed by atoms with E-state index in [4.69, 9.17) is 0 Å². The molecule has 0 amide bonds. The van der Waals surface area contributed by atoms with Crippen LogP contribution in [0.25, 0.3) is 0 Å². The van der Waals surface area contributed by atoms with Crippen molar-refractivity contribution < 1.29 is 4.79 Å². The van der Waals surface area contributed by atoms with Crippen LogP contribution in [0.3, 0.4) is 0 Å². The molecule has 88 valence electrons. The van der Waals surface area contributed by atoms with Crippen molar-refractivity contribution >= 4 is 6.29 Å². The fourth-order valence-corrected chi connectivity index (χ4v) is 2.27. The monoisotopic (exact) mass is 218 g/mol. The molecule has 0 bridgehead atoms. The zero-order chi connectivity index (χ0) is 12.1. The van der Waals surface area contributed by atoms with Gasteiger partial charge in [-0.2, -0.15) is 0 Å². The minimum absolute atomic E-state index is 0.630. The zero-order valence-corrected chi connectivity index (χ0v) is 10.8. The number of benzene rings is 1. The van der Waals surface area contributed by atoms with Gasteiger partial charge in [-0.3, -0.25) is 0 Å². The Hall–Kier alpha value is -1.11. The van der Waals surface area contributed by atoms with Crippen molar-refractivity contribution in [3.63, 3.8) is 0 Å². The number of carbonyl (C=O) groups is 1. The molecule has 1 heteroatoms. The van der Waals surface area contributed by atoms with Crippen LogP contribution in [0.1, 0.15) is 42.5 Å². The summed E-state index contributed by atoms with van der Waals surface area (Å²) in [5.41, 5.74) is 5.43. The van der Waals surface area contributed by atoms with Gasteiger partial charge in [-0.25, -0.2) is 0 Å². The van der Waals surface area contributed by atoms with Gasteiger partial charge in [0, 0.05) is 6.42 Å². The van der Waals surface area contributed by atoms with E-state index in [1.807, 2.05) is 0 Å². The lowest BCUT2D eigenvalue weighted by atomic mass is 9.93. The van der Waals surface area contributed by atoms with Gasteiger partial charge in [-0.1, -0.05) is 26.0 Å². The molecule has 1 aromatic rings. The summed E-state index contributed by atoms with van der Waals surface area (Å²) in [5.74, 6) is 0.694. The molecular weight excluding hydrogens is 196 g/mol. The standard InChI is InChI=1S/C15H22O/c1-11(2)8-14-9-12(3)15(6-5-7-16)13(4)10-14/h7,9-11H,5-6,8H2,1-4H3. The van der Waals surface area contributed by atoms with Crippen LogP contribution in [0, 0.1) is 19.8 Å². The first kappa shape index (κ1) is 13.0. The van der Waals surface area contributed by atoms with Crippen molar-refractivity contribution in [1.29, 1.82) is 0 Å². The predicted molar refractivity (Wildman–Crippen MR) is 68.8 cm³/mol. The minimum Gasteiger partial charge on any atom is -0.303 e. The molecule has 0 N–H and O–H groups in total. The highest BCUT2D eigenvalue weighted by atomic mass is 16.1. The topological polar surface area (TPSA) is 17.1 Å². The third-order valence-corrected chi connectivity index (χ3v) is 2.91. The Morgan fingerprint density at radius 1 is 1.19 bits per heavy atom. The molecule has 0 saturated carbocycles. The molecule has 0 radical (unpaired) electrons. The Bertz CT molecular complexity index is 341. The van der Waals surface area contributed by atoms with Crippen molar-refractivity contribution in [2.45, 2.75) is 47.0 Å². The number of hydrogen-bond acceptors (Lipinski definition) is 1. The van der Waals surface area contributed by atoms with E-state index in [0.717, 1.165) is 19.1 Å². The summed E-state index contributed by atoms with van der Waals surface area (Å²) in [6, 6.07) is 4.54. The van der Waals surface area contributed by atoms with E-state index in [9.17, 15) is 4.79 Å². The Balaban J connectivity index is 2.93. The van der Waals surface area contributed by atoms with Crippen LogP contribution in [0.4, 0.5) is 0 Å². The maximum atomic E-state index is 10.4. The van der Waals surface area contributed by atoms with Gasteiger partial charge in [-0.05, 0) is 54.9 Å².